The van der Waals surface area contributed by atoms with E-state index in [1.54, 1.807) is 4.90 Å². The van der Waals surface area contributed by atoms with E-state index in [1.165, 1.54) is 18.3 Å². The largest absolute Gasteiger partial charge is 0.324 e. The first-order chi connectivity index (χ1) is 8.66. The lowest BCUT2D eigenvalue weighted by Gasteiger charge is -2.26. The summed E-state index contributed by atoms with van der Waals surface area (Å²) in [6, 6.07) is 2.71. The third-order valence-corrected chi connectivity index (χ3v) is 3.08. The summed E-state index contributed by atoms with van der Waals surface area (Å²) in [4.78, 5) is 29.0. The highest BCUT2D eigenvalue weighted by Crippen LogP contribution is 2.09. The van der Waals surface area contributed by atoms with Crippen LogP contribution in [0.4, 0.5) is 4.79 Å². The lowest BCUT2D eigenvalue weighted by Crippen LogP contribution is -2.45. The number of aromatic nitrogens is 1. The van der Waals surface area contributed by atoms with Crippen LogP contribution in [0.15, 0.2) is 18.3 Å². The molecule has 6 heteroatoms. The van der Waals surface area contributed by atoms with Crippen LogP contribution in [0.2, 0.25) is 5.15 Å². The van der Waals surface area contributed by atoms with Crippen molar-refractivity contribution in [2.45, 2.75) is 19.3 Å². The molecule has 0 radical (unpaired) electrons. The average Bonchev–Trinajstić information content (AvgIpc) is 2.40. The predicted molar refractivity (Wildman–Crippen MR) is 67.5 cm³/mol. The van der Waals surface area contributed by atoms with Crippen molar-refractivity contribution in [1.82, 2.24) is 15.2 Å². The van der Waals surface area contributed by atoms with E-state index in [0.717, 1.165) is 19.3 Å². The molecule has 18 heavy (non-hydrogen) atoms. The summed E-state index contributed by atoms with van der Waals surface area (Å²) in [7, 11) is 0. The van der Waals surface area contributed by atoms with Crippen LogP contribution in [0.5, 0.6) is 0 Å². The topological polar surface area (TPSA) is 62.3 Å². The molecule has 1 aliphatic rings. The number of nitrogens with zero attached hydrogens (tertiary/aromatic N) is 2. The highest BCUT2D eigenvalue weighted by molar-refractivity contribution is 6.29. The molecule has 0 bridgehead atoms. The molecular weight excluding hydrogens is 254 g/mol. The van der Waals surface area contributed by atoms with Gasteiger partial charge in [-0.25, -0.2) is 9.78 Å². The summed E-state index contributed by atoms with van der Waals surface area (Å²) < 4.78 is 0. The quantitative estimate of drug-likeness (QED) is 0.793. The van der Waals surface area contributed by atoms with Crippen LogP contribution >= 0.6 is 11.6 Å². The standard InChI is InChI=1S/C12H14ClN3O2/c13-10-5-4-9(8-14-10)11(17)15-12(18)16-6-2-1-3-7-16/h4-5,8H,1-3,6-7H2,(H,15,17,18). The molecule has 1 aromatic rings. The molecule has 1 aliphatic heterocycles. The van der Waals surface area contributed by atoms with E-state index in [2.05, 4.69) is 10.3 Å². The Hall–Kier alpha value is -1.62. The first-order valence-corrected chi connectivity index (χ1v) is 6.26. The van der Waals surface area contributed by atoms with Gasteiger partial charge in [-0.15, -0.1) is 0 Å². The minimum absolute atomic E-state index is 0.314. The Kier molecular flexibility index (Phi) is 4.15. The summed E-state index contributed by atoms with van der Waals surface area (Å²) in [6.07, 6.45) is 4.47. The lowest BCUT2D eigenvalue weighted by atomic mass is 10.1. The number of halogens is 1. The smallest absolute Gasteiger partial charge is 0.324 e. The van der Waals surface area contributed by atoms with E-state index in [9.17, 15) is 9.59 Å². The Morgan fingerprint density at radius 3 is 2.56 bits per heavy atom. The van der Waals surface area contributed by atoms with Gasteiger partial charge in [-0.2, -0.15) is 0 Å². The number of hydrogen-bond donors (Lipinski definition) is 1. The van der Waals surface area contributed by atoms with E-state index < -0.39 is 5.91 Å². The van der Waals surface area contributed by atoms with Gasteiger partial charge in [-0.3, -0.25) is 10.1 Å². The van der Waals surface area contributed by atoms with Crippen molar-refractivity contribution in [3.05, 3.63) is 29.0 Å². The van der Waals surface area contributed by atoms with Gasteiger partial charge in [0.1, 0.15) is 5.15 Å². The highest BCUT2D eigenvalue weighted by Gasteiger charge is 2.19. The van der Waals surface area contributed by atoms with Crippen molar-refractivity contribution in [3.8, 4) is 0 Å². The fourth-order valence-electron chi connectivity index (χ4n) is 1.86. The summed E-state index contributed by atoms with van der Waals surface area (Å²) in [5, 5.41) is 2.66. The van der Waals surface area contributed by atoms with Gasteiger partial charge in [0, 0.05) is 19.3 Å². The molecule has 0 aromatic carbocycles. The Labute approximate surface area is 110 Å². The Bertz CT molecular complexity index is 441. The van der Waals surface area contributed by atoms with E-state index in [4.69, 9.17) is 11.6 Å². The fraction of sp³-hybridized carbons (Fsp3) is 0.417. The van der Waals surface area contributed by atoms with Crippen LogP contribution in [0.3, 0.4) is 0 Å². The second kappa shape index (κ2) is 5.82. The molecule has 96 valence electrons. The maximum Gasteiger partial charge on any atom is 0.324 e. The molecular formula is C12H14ClN3O2. The molecule has 2 heterocycles. The van der Waals surface area contributed by atoms with Gasteiger partial charge in [-0.1, -0.05) is 11.6 Å². The van der Waals surface area contributed by atoms with Gasteiger partial charge < -0.3 is 4.90 Å². The molecule has 5 nitrogen and oxygen atoms in total. The predicted octanol–water partition coefficient (Wildman–Crippen LogP) is 2.07. The van der Waals surface area contributed by atoms with E-state index in [-0.39, 0.29) is 6.03 Å². The number of piperidine rings is 1. The van der Waals surface area contributed by atoms with Crippen LogP contribution < -0.4 is 5.32 Å². The van der Waals surface area contributed by atoms with Crippen molar-refractivity contribution < 1.29 is 9.59 Å². The fourth-order valence-corrected chi connectivity index (χ4v) is 1.97. The third kappa shape index (κ3) is 3.20. The van der Waals surface area contributed by atoms with Crippen LogP contribution in [0.25, 0.3) is 0 Å². The maximum absolute atomic E-state index is 11.8. The summed E-state index contributed by atoms with van der Waals surface area (Å²) in [5.74, 6) is -0.449. The van der Waals surface area contributed by atoms with Crippen molar-refractivity contribution >= 4 is 23.5 Å². The van der Waals surface area contributed by atoms with Crippen molar-refractivity contribution in [1.29, 1.82) is 0 Å². The van der Waals surface area contributed by atoms with Crippen molar-refractivity contribution in [3.63, 3.8) is 0 Å². The number of likely N-dealkylation sites (tertiary alicyclic amines) is 1. The van der Waals surface area contributed by atoms with Gasteiger partial charge in [0.2, 0.25) is 0 Å². The minimum atomic E-state index is -0.449. The van der Waals surface area contributed by atoms with Crippen LogP contribution in [0.1, 0.15) is 29.6 Å². The Morgan fingerprint density at radius 2 is 1.94 bits per heavy atom. The number of nitrogens with one attached hydrogen (secondary N) is 1. The number of urea groups is 1. The summed E-state index contributed by atoms with van der Waals surface area (Å²) in [5.41, 5.74) is 0.324. The Morgan fingerprint density at radius 1 is 1.22 bits per heavy atom. The normalized spacial score (nSPS) is 15.3. The maximum atomic E-state index is 11.8. The van der Waals surface area contributed by atoms with Gasteiger partial charge >= 0.3 is 6.03 Å². The molecule has 1 fully saturated rings. The van der Waals surface area contributed by atoms with E-state index in [0.29, 0.717) is 23.8 Å². The lowest BCUT2D eigenvalue weighted by molar-refractivity contribution is 0.0948. The molecule has 1 saturated heterocycles. The van der Waals surface area contributed by atoms with Gasteiger partial charge in [0.05, 0.1) is 5.56 Å². The zero-order chi connectivity index (χ0) is 13.0. The highest BCUT2D eigenvalue weighted by atomic mass is 35.5. The summed E-state index contributed by atoms with van der Waals surface area (Å²) >= 11 is 5.63. The molecule has 0 atom stereocenters. The number of carbonyl (C=O) groups excluding carboxylic acids is 2. The van der Waals surface area contributed by atoms with Crippen molar-refractivity contribution in [2.75, 3.05) is 13.1 Å². The SMILES string of the molecule is O=C(NC(=O)N1CCCCC1)c1ccc(Cl)nc1. The number of imide groups is 1. The minimum Gasteiger partial charge on any atom is -0.324 e. The average molecular weight is 268 g/mol. The number of amides is 3. The molecule has 3 amide bonds. The first-order valence-electron chi connectivity index (χ1n) is 5.88. The zero-order valence-corrected chi connectivity index (χ0v) is 10.6. The van der Waals surface area contributed by atoms with Crippen molar-refractivity contribution in [2.24, 2.45) is 0 Å². The number of carbonyl (C=O) groups is 2. The molecule has 0 spiro atoms. The molecule has 0 aliphatic carbocycles. The van der Waals surface area contributed by atoms with E-state index in [1.807, 2.05) is 0 Å². The zero-order valence-electron chi connectivity index (χ0n) is 9.86. The number of pyridine rings is 1. The van der Waals surface area contributed by atoms with E-state index >= 15 is 0 Å². The molecule has 0 saturated carbocycles. The number of rotatable bonds is 1. The Balaban J connectivity index is 1.94. The van der Waals surface area contributed by atoms with Crippen LogP contribution in [0, 0.1) is 0 Å². The van der Waals surface area contributed by atoms with Gasteiger partial charge in [0.25, 0.3) is 5.91 Å². The van der Waals surface area contributed by atoms with Gasteiger partial charge in [0.15, 0.2) is 0 Å². The van der Waals surface area contributed by atoms with Crippen LogP contribution in [-0.2, 0) is 0 Å². The second-order valence-corrected chi connectivity index (χ2v) is 4.56. The third-order valence-electron chi connectivity index (χ3n) is 2.85. The monoisotopic (exact) mass is 267 g/mol. The first kappa shape index (κ1) is 12.8. The van der Waals surface area contributed by atoms with Gasteiger partial charge in [-0.05, 0) is 31.4 Å². The summed E-state index contributed by atoms with van der Waals surface area (Å²) in [6.45, 7) is 1.41. The molecule has 2 rings (SSSR count). The molecule has 1 aromatic heterocycles. The second-order valence-electron chi connectivity index (χ2n) is 4.18. The number of hydrogen-bond acceptors (Lipinski definition) is 3. The van der Waals surface area contributed by atoms with Crippen LogP contribution in [-0.4, -0.2) is 34.9 Å². The molecule has 1 N–H and O–H groups in total. The molecule has 0 unspecified atom stereocenters.